The lowest BCUT2D eigenvalue weighted by Gasteiger charge is -2.04. The molecule has 1 heterocycles. The van der Waals surface area contributed by atoms with Crippen LogP contribution in [-0.2, 0) is 6.54 Å². The van der Waals surface area contributed by atoms with E-state index in [1.54, 1.807) is 0 Å². The monoisotopic (exact) mass is 375 g/mol. The van der Waals surface area contributed by atoms with Gasteiger partial charge in [0.25, 0.3) is 11.6 Å². The number of amides is 1. The van der Waals surface area contributed by atoms with Crippen molar-refractivity contribution in [3.63, 3.8) is 0 Å². The highest BCUT2D eigenvalue weighted by molar-refractivity contribution is 7.16. The Bertz CT molecular complexity index is 1070. The van der Waals surface area contributed by atoms with Crippen molar-refractivity contribution in [2.45, 2.75) is 20.4 Å². The van der Waals surface area contributed by atoms with Gasteiger partial charge in [-0.25, -0.2) is 0 Å². The lowest BCUT2D eigenvalue weighted by Crippen LogP contribution is -2.16. The predicted octanol–water partition coefficient (Wildman–Crippen LogP) is 4.33. The SMILES string of the molecule is CCn1c(=NC(=O)c2cccc([N+](=O)[O-])c2)sc2cc(Cl)cc(C)c21. The number of rotatable bonds is 3. The first kappa shape index (κ1) is 17.3. The predicted molar refractivity (Wildman–Crippen MR) is 98.2 cm³/mol. The summed E-state index contributed by atoms with van der Waals surface area (Å²) in [7, 11) is 0. The van der Waals surface area contributed by atoms with Gasteiger partial charge < -0.3 is 4.57 Å². The van der Waals surface area contributed by atoms with Crippen molar-refractivity contribution in [1.82, 2.24) is 4.57 Å². The molecule has 0 aliphatic carbocycles. The molecule has 0 saturated carbocycles. The van der Waals surface area contributed by atoms with Crippen LogP contribution < -0.4 is 4.80 Å². The Morgan fingerprint density at radius 3 is 2.80 bits per heavy atom. The molecule has 0 spiro atoms. The van der Waals surface area contributed by atoms with E-state index in [2.05, 4.69) is 4.99 Å². The second kappa shape index (κ2) is 6.78. The highest BCUT2D eigenvalue weighted by Crippen LogP contribution is 2.26. The largest absolute Gasteiger partial charge is 0.316 e. The molecule has 0 aliphatic rings. The molecule has 8 heteroatoms. The summed E-state index contributed by atoms with van der Waals surface area (Å²) in [6, 6.07) is 9.28. The van der Waals surface area contributed by atoms with E-state index in [1.165, 1.54) is 35.6 Å². The van der Waals surface area contributed by atoms with Crippen LogP contribution in [0.3, 0.4) is 0 Å². The number of nitro groups is 1. The number of non-ortho nitro benzene ring substituents is 1. The molecule has 0 radical (unpaired) electrons. The number of nitro benzene ring substituents is 1. The fourth-order valence-corrected chi connectivity index (χ4v) is 4.21. The Morgan fingerprint density at radius 1 is 1.36 bits per heavy atom. The molecular weight excluding hydrogens is 362 g/mol. The highest BCUT2D eigenvalue weighted by Gasteiger charge is 2.13. The molecule has 6 nitrogen and oxygen atoms in total. The van der Waals surface area contributed by atoms with Crippen molar-refractivity contribution in [1.29, 1.82) is 0 Å². The average molecular weight is 376 g/mol. The van der Waals surface area contributed by atoms with E-state index >= 15 is 0 Å². The lowest BCUT2D eigenvalue weighted by molar-refractivity contribution is -0.384. The zero-order valence-corrected chi connectivity index (χ0v) is 15.1. The molecule has 0 aliphatic heterocycles. The summed E-state index contributed by atoms with van der Waals surface area (Å²) in [4.78, 5) is 27.5. The van der Waals surface area contributed by atoms with Gasteiger partial charge in [0.15, 0.2) is 4.80 Å². The molecule has 1 amide bonds. The maximum atomic E-state index is 12.5. The number of hydrogen-bond donors (Lipinski definition) is 0. The minimum Gasteiger partial charge on any atom is -0.316 e. The number of aromatic nitrogens is 1. The zero-order valence-electron chi connectivity index (χ0n) is 13.5. The van der Waals surface area contributed by atoms with E-state index < -0.39 is 10.8 Å². The summed E-state index contributed by atoms with van der Waals surface area (Å²) in [5.41, 5.74) is 2.04. The highest BCUT2D eigenvalue weighted by atomic mass is 35.5. The van der Waals surface area contributed by atoms with E-state index in [0.29, 0.717) is 16.4 Å². The molecule has 0 bridgehead atoms. The van der Waals surface area contributed by atoms with Crippen LogP contribution >= 0.6 is 22.9 Å². The average Bonchev–Trinajstić information content (AvgIpc) is 2.91. The summed E-state index contributed by atoms with van der Waals surface area (Å²) in [6.07, 6.45) is 0. The van der Waals surface area contributed by atoms with Crippen LogP contribution in [0.2, 0.25) is 5.02 Å². The number of halogens is 1. The first-order valence-corrected chi connectivity index (χ1v) is 8.73. The van der Waals surface area contributed by atoms with Gasteiger partial charge in [-0.3, -0.25) is 14.9 Å². The summed E-state index contributed by atoms with van der Waals surface area (Å²) in [5.74, 6) is -0.513. The van der Waals surface area contributed by atoms with Crippen LogP contribution in [0.5, 0.6) is 0 Å². The van der Waals surface area contributed by atoms with Crippen molar-refractivity contribution in [3.8, 4) is 0 Å². The number of benzene rings is 2. The second-order valence-electron chi connectivity index (χ2n) is 5.42. The van der Waals surface area contributed by atoms with Crippen molar-refractivity contribution < 1.29 is 9.72 Å². The van der Waals surface area contributed by atoms with E-state index in [1.807, 2.05) is 30.5 Å². The van der Waals surface area contributed by atoms with Crippen LogP contribution in [0.15, 0.2) is 41.4 Å². The van der Waals surface area contributed by atoms with Gasteiger partial charge in [-0.15, -0.1) is 0 Å². The van der Waals surface area contributed by atoms with E-state index in [0.717, 1.165) is 15.8 Å². The van der Waals surface area contributed by atoms with E-state index in [4.69, 9.17) is 11.6 Å². The summed E-state index contributed by atoms with van der Waals surface area (Å²) < 4.78 is 2.89. The Morgan fingerprint density at radius 2 is 2.12 bits per heavy atom. The van der Waals surface area contributed by atoms with Crippen LogP contribution in [0.1, 0.15) is 22.8 Å². The fraction of sp³-hybridized carbons (Fsp3) is 0.176. The van der Waals surface area contributed by atoms with Gasteiger partial charge in [0.05, 0.1) is 15.1 Å². The molecule has 0 saturated heterocycles. The molecule has 0 atom stereocenters. The third-order valence-corrected chi connectivity index (χ3v) is 4.99. The number of carbonyl (C=O) groups is 1. The zero-order chi connectivity index (χ0) is 18.1. The Balaban J connectivity index is 2.15. The number of hydrogen-bond acceptors (Lipinski definition) is 4. The quantitative estimate of drug-likeness (QED) is 0.504. The van der Waals surface area contributed by atoms with Crippen LogP contribution in [0.4, 0.5) is 5.69 Å². The number of aryl methyl sites for hydroxylation is 2. The smallest absolute Gasteiger partial charge is 0.279 e. The number of carbonyl (C=O) groups excluding carboxylic acids is 1. The van der Waals surface area contributed by atoms with Gasteiger partial charge in [0, 0.05) is 29.3 Å². The summed E-state index contributed by atoms with van der Waals surface area (Å²) in [6.45, 7) is 4.57. The molecular formula is C17H14ClN3O3S. The number of nitrogens with zero attached hydrogens (tertiary/aromatic N) is 3. The maximum Gasteiger partial charge on any atom is 0.279 e. The minimum atomic E-state index is -0.534. The van der Waals surface area contributed by atoms with Crippen LogP contribution in [-0.4, -0.2) is 15.4 Å². The standard InChI is InChI=1S/C17H14ClN3O3S/c1-3-20-15-10(2)7-12(18)9-14(15)25-17(20)19-16(22)11-5-4-6-13(8-11)21(23)24/h4-9H,3H2,1-2H3. The first-order chi connectivity index (χ1) is 11.9. The minimum absolute atomic E-state index is 0.136. The van der Waals surface area contributed by atoms with Gasteiger partial charge in [0.2, 0.25) is 0 Å². The van der Waals surface area contributed by atoms with E-state index in [-0.39, 0.29) is 11.3 Å². The van der Waals surface area contributed by atoms with E-state index in [9.17, 15) is 14.9 Å². The first-order valence-electron chi connectivity index (χ1n) is 7.53. The molecule has 0 fully saturated rings. The topological polar surface area (TPSA) is 77.5 Å². The maximum absolute atomic E-state index is 12.5. The number of thiazole rings is 1. The van der Waals surface area contributed by atoms with Gasteiger partial charge in [-0.2, -0.15) is 4.99 Å². The third-order valence-electron chi connectivity index (χ3n) is 3.75. The van der Waals surface area contributed by atoms with Gasteiger partial charge in [-0.05, 0) is 37.6 Å². The van der Waals surface area contributed by atoms with Gasteiger partial charge in [-0.1, -0.05) is 29.0 Å². The van der Waals surface area contributed by atoms with Crippen LogP contribution in [0.25, 0.3) is 10.2 Å². The Hall–Kier alpha value is -2.51. The van der Waals surface area contributed by atoms with Crippen molar-refractivity contribution in [2.24, 2.45) is 4.99 Å². The second-order valence-corrected chi connectivity index (χ2v) is 6.87. The Kier molecular flexibility index (Phi) is 4.69. The summed E-state index contributed by atoms with van der Waals surface area (Å²) >= 11 is 7.48. The van der Waals surface area contributed by atoms with Crippen molar-refractivity contribution in [2.75, 3.05) is 0 Å². The van der Waals surface area contributed by atoms with Crippen LogP contribution in [0, 0.1) is 17.0 Å². The molecule has 25 heavy (non-hydrogen) atoms. The molecule has 3 rings (SSSR count). The molecule has 3 aromatic rings. The molecule has 2 aromatic carbocycles. The number of fused-ring (bicyclic) bond motifs is 1. The van der Waals surface area contributed by atoms with Crippen molar-refractivity contribution in [3.05, 3.63) is 67.5 Å². The third kappa shape index (κ3) is 3.33. The fourth-order valence-electron chi connectivity index (χ4n) is 2.66. The summed E-state index contributed by atoms with van der Waals surface area (Å²) in [5, 5.41) is 11.5. The van der Waals surface area contributed by atoms with Crippen molar-refractivity contribution >= 4 is 44.7 Å². The normalized spacial score (nSPS) is 11.9. The van der Waals surface area contributed by atoms with Gasteiger partial charge in [0.1, 0.15) is 0 Å². The molecule has 0 N–H and O–H groups in total. The molecule has 128 valence electrons. The molecule has 1 aromatic heterocycles. The van der Waals surface area contributed by atoms with Gasteiger partial charge >= 0.3 is 0 Å². The molecule has 0 unspecified atom stereocenters. The Labute approximate surface area is 152 Å². The lowest BCUT2D eigenvalue weighted by atomic mass is 10.2.